The Morgan fingerprint density at radius 1 is 1.16 bits per heavy atom. The van der Waals surface area contributed by atoms with Crippen LogP contribution in [0.5, 0.6) is 0 Å². The lowest BCUT2D eigenvalue weighted by molar-refractivity contribution is 0.0599. The monoisotopic (exact) mass is 455 g/mol. The number of benzene rings is 2. The van der Waals surface area contributed by atoms with Crippen LogP contribution in [0.4, 0.5) is 5.69 Å². The Bertz CT molecular complexity index is 1090. The zero-order valence-electron chi connectivity index (χ0n) is 18.1. The molecule has 0 saturated heterocycles. The minimum Gasteiger partial charge on any atom is -0.478 e. The first kappa shape index (κ1) is 23.3. The first-order valence-corrected chi connectivity index (χ1v) is 10.8. The van der Waals surface area contributed by atoms with Crippen LogP contribution >= 0.6 is 11.6 Å². The van der Waals surface area contributed by atoms with Gasteiger partial charge in [0.1, 0.15) is 5.82 Å². The molecule has 8 heteroatoms. The van der Waals surface area contributed by atoms with Gasteiger partial charge in [0, 0.05) is 18.7 Å². The number of halogens is 1. The number of aromatic nitrogens is 2. The van der Waals surface area contributed by atoms with Crippen LogP contribution in [0, 0.1) is 0 Å². The number of imidazole rings is 1. The minimum atomic E-state index is -0.998. The van der Waals surface area contributed by atoms with E-state index in [1.54, 1.807) is 36.4 Å². The van der Waals surface area contributed by atoms with Gasteiger partial charge in [-0.3, -0.25) is 0 Å². The fourth-order valence-corrected chi connectivity index (χ4v) is 3.70. The fourth-order valence-electron chi connectivity index (χ4n) is 3.44. The van der Waals surface area contributed by atoms with Gasteiger partial charge in [0.05, 0.1) is 30.5 Å². The van der Waals surface area contributed by atoms with Gasteiger partial charge in [-0.1, -0.05) is 49.2 Å². The van der Waals surface area contributed by atoms with Crippen LogP contribution in [0.3, 0.4) is 0 Å². The van der Waals surface area contributed by atoms with Gasteiger partial charge in [-0.05, 0) is 36.2 Å². The highest BCUT2D eigenvalue weighted by Crippen LogP contribution is 2.23. The first-order chi connectivity index (χ1) is 15.4. The number of ether oxygens (including phenoxy) is 1. The summed E-state index contributed by atoms with van der Waals surface area (Å²) in [5, 5.41) is 13.0. The van der Waals surface area contributed by atoms with Crippen molar-refractivity contribution in [3.05, 3.63) is 81.9 Å². The van der Waals surface area contributed by atoms with Gasteiger partial charge in [0.2, 0.25) is 0 Å². The number of nitrogens with zero attached hydrogens (tertiary/aromatic N) is 2. The maximum absolute atomic E-state index is 11.7. The molecule has 0 aliphatic heterocycles. The summed E-state index contributed by atoms with van der Waals surface area (Å²) in [6.07, 6.45) is 2.78. The number of carbonyl (C=O) groups excluding carboxylic acids is 1. The average Bonchev–Trinajstić information content (AvgIpc) is 3.10. The molecule has 32 heavy (non-hydrogen) atoms. The lowest BCUT2D eigenvalue weighted by Crippen LogP contribution is -2.13. The molecule has 0 fully saturated rings. The Labute approximate surface area is 192 Å². The number of aryl methyl sites for hydroxylation is 1. The molecule has 0 amide bonds. The van der Waals surface area contributed by atoms with E-state index in [0.717, 1.165) is 36.3 Å². The maximum Gasteiger partial charge on any atom is 0.337 e. The number of carbonyl (C=O) groups is 2. The van der Waals surface area contributed by atoms with Crippen LogP contribution in [0.25, 0.3) is 0 Å². The van der Waals surface area contributed by atoms with E-state index >= 15 is 0 Å². The predicted octanol–water partition coefficient (Wildman–Crippen LogP) is 5.02. The topological polar surface area (TPSA) is 93.5 Å². The molecule has 0 radical (unpaired) electrons. The van der Waals surface area contributed by atoms with E-state index in [-0.39, 0.29) is 11.5 Å². The number of carboxylic acids is 1. The van der Waals surface area contributed by atoms with Gasteiger partial charge < -0.3 is 19.7 Å². The summed E-state index contributed by atoms with van der Waals surface area (Å²) < 4.78 is 6.82. The van der Waals surface area contributed by atoms with E-state index in [4.69, 9.17) is 16.3 Å². The molecule has 0 aliphatic rings. The number of methoxy groups -OCH3 is 1. The van der Waals surface area contributed by atoms with E-state index < -0.39 is 5.97 Å². The van der Waals surface area contributed by atoms with Gasteiger partial charge in [0.15, 0.2) is 5.15 Å². The summed E-state index contributed by atoms with van der Waals surface area (Å²) in [6.45, 7) is 2.96. The van der Waals surface area contributed by atoms with Crippen molar-refractivity contribution in [2.45, 2.75) is 39.3 Å². The number of esters is 1. The minimum absolute atomic E-state index is 0.194. The molecule has 0 atom stereocenters. The second-order valence-electron chi connectivity index (χ2n) is 7.35. The Morgan fingerprint density at radius 2 is 1.88 bits per heavy atom. The lowest BCUT2D eigenvalue weighted by atomic mass is 10.1. The number of rotatable bonds is 10. The normalized spacial score (nSPS) is 10.7. The molecule has 1 aromatic heterocycles. The van der Waals surface area contributed by atoms with Crippen molar-refractivity contribution >= 4 is 29.2 Å². The second-order valence-corrected chi connectivity index (χ2v) is 7.71. The van der Waals surface area contributed by atoms with Crippen molar-refractivity contribution in [1.82, 2.24) is 9.55 Å². The van der Waals surface area contributed by atoms with Crippen LogP contribution in [-0.2, 0) is 24.2 Å². The van der Waals surface area contributed by atoms with Crippen LogP contribution < -0.4 is 5.32 Å². The molecule has 1 heterocycles. The van der Waals surface area contributed by atoms with Gasteiger partial charge in [-0.25, -0.2) is 14.6 Å². The molecular weight excluding hydrogens is 430 g/mol. The van der Waals surface area contributed by atoms with Crippen LogP contribution in [-0.4, -0.2) is 33.7 Å². The number of carboxylic acid groups (broad SMARTS) is 1. The van der Waals surface area contributed by atoms with Crippen molar-refractivity contribution in [2.75, 3.05) is 12.4 Å². The molecule has 0 spiro atoms. The van der Waals surface area contributed by atoms with Crippen LogP contribution in [0.2, 0.25) is 5.15 Å². The Balaban J connectivity index is 1.88. The summed E-state index contributed by atoms with van der Waals surface area (Å²) in [5.41, 5.74) is 2.95. The quantitative estimate of drug-likeness (QED) is 0.417. The highest BCUT2D eigenvalue weighted by molar-refractivity contribution is 6.30. The largest absolute Gasteiger partial charge is 0.478 e. The summed E-state index contributed by atoms with van der Waals surface area (Å²) in [5.74, 6) is -0.507. The Hall–Kier alpha value is -3.32. The summed E-state index contributed by atoms with van der Waals surface area (Å²) >= 11 is 6.50. The number of hydrogen-bond acceptors (Lipinski definition) is 5. The van der Waals surface area contributed by atoms with Gasteiger partial charge >= 0.3 is 11.9 Å². The van der Waals surface area contributed by atoms with Gasteiger partial charge in [0.25, 0.3) is 0 Å². The number of unbranched alkanes of at least 4 members (excludes halogenated alkanes) is 1. The van der Waals surface area contributed by atoms with Crippen molar-refractivity contribution in [1.29, 1.82) is 0 Å². The molecular formula is C24H26ClN3O4. The summed E-state index contributed by atoms with van der Waals surface area (Å²) in [7, 11) is 1.35. The van der Waals surface area contributed by atoms with E-state index in [2.05, 4.69) is 21.8 Å². The first-order valence-electron chi connectivity index (χ1n) is 10.4. The van der Waals surface area contributed by atoms with Gasteiger partial charge in [-0.15, -0.1) is 0 Å². The van der Waals surface area contributed by atoms with E-state index in [1.807, 2.05) is 12.1 Å². The van der Waals surface area contributed by atoms with Gasteiger partial charge in [-0.2, -0.15) is 0 Å². The van der Waals surface area contributed by atoms with E-state index in [0.29, 0.717) is 29.5 Å². The molecule has 0 saturated carbocycles. The molecule has 3 aromatic rings. The number of para-hydroxylation sites is 1. The van der Waals surface area contributed by atoms with Crippen molar-refractivity contribution in [3.63, 3.8) is 0 Å². The zero-order chi connectivity index (χ0) is 23.1. The predicted molar refractivity (Wildman–Crippen MR) is 123 cm³/mol. The Kier molecular flexibility index (Phi) is 7.89. The second kappa shape index (κ2) is 10.8. The average molecular weight is 456 g/mol. The van der Waals surface area contributed by atoms with Crippen molar-refractivity contribution in [2.24, 2.45) is 0 Å². The molecule has 2 aromatic carbocycles. The molecule has 0 bridgehead atoms. The van der Waals surface area contributed by atoms with Crippen molar-refractivity contribution in [3.8, 4) is 0 Å². The number of hydrogen-bond donors (Lipinski definition) is 2. The third kappa shape index (κ3) is 5.48. The molecule has 168 valence electrons. The number of nitrogens with one attached hydrogen (secondary N) is 1. The molecule has 0 unspecified atom stereocenters. The molecule has 3 rings (SSSR count). The van der Waals surface area contributed by atoms with Crippen molar-refractivity contribution < 1.29 is 19.4 Å². The Morgan fingerprint density at radius 3 is 2.53 bits per heavy atom. The SMILES string of the molecule is CCCCc1nc(Cl)c(CNc2ccccc2C(=O)O)n1Cc1ccc(C(=O)OC)cc1. The summed E-state index contributed by atoms with van der Waals surface area (Å²) in [6, 6.07) is 14.0. The van der Waals surface area contributed by atoms with Crippen LogP contribution in [0.1, 0.15) is 57.6 Å². The molecule has 7 nitrogen and oxygen atoms in total. The smallest absolute Gasteiger partial charge is 0.337 e. The highest BCUT2D eigenvalue weighted by Gasteiger charge is 2.17. The molecule has 2 N–H and O–H groups in total. The van der Waals surface area contributed by atoms with E-state index in [1.165, 1.54) is 7.11 Å². The highest BCUT2D eigenvalue weighted by atomic mass is 35.5. The number of anilines is 1. The maximum atomic E-state index is 11.7. The molecule has 0 aliphatic carbocycles. The van der Waals surface area contributed by atoms with Crippen LogP contribution in [0.15, 0.2) is 48.5 Å². The third-order valence-electron chi connectivity index (χ3n) is 5.18. The van der Waals surface area contributed by atoms with E-state index in [9.17, 15) is 14.7 Å². The zero-order valence-corrected chi connectivity index (χ0v) is 18.9. The fraction of sp³-hybridized carbons (Fsp3) is 0.292. The summed E-state index contributed by atoms with van der Waals surface area (Å²) in [4.78, 5) is 27.8. The standard InChI is InChI=1S/C24H26ClN3O4/c1-3-4-9-21-27-22(25)20(14-26-19-8-6-5-7-18(19)23(29)30)28(21)15-16-10-12-17(13-11-16)24(31)32-2/h5-8,10-13,26H,3-4,9,14-15H2,1-2H3,(H,29,30). The lowest BCUT2D eigenvalue weighted by Gasteiger charge is -2.15. The third-order valence-corrected chi connectivity index (χ3v) is 5.48. The number of aromatic carboxylic acids is 1.